The van der Waals surface area contributed by atoms with E-state index in [-0.39, 0.29) is 5.91 Å². The van der Waals surface area contributed by atoms with Crippen LogP contribution in [0.1, 0.15) is 22.8 Å². The Labute approximate surface area is 195 Å². The molecule has 0 radical (unpaired) electrons. The number of guanidine groups is 1. The first-order valence-electron chi connectivity index (χ1n) is 11.4. The predicted octanol–water partition coefficient (Wildman–Crippen LogP) is 4.63. The average Bonchev–Trinajstić information content (AvgIpc) is 2.85. The summed E-state index contributed by atoms with van der Waals surface area (Å²) in [6, 6.07) is 25.6. The molecule has 33 heavy (non-hydrogen) atoms. The molecule has 1 fully saturated rings. The summed E-state index contributed by atoms with van der Waals surface area (Å²) in [6.07, 6.45) is 0. The highest BCUT2D eigenvalue weighted by atomic mass is 16.5. The number of carbonyl (C=O) groups excluding carboxylic acids is 1. The summed E-state index contributed by atoms with van der Waals surface area (Å²) in [5.41, 5.74) is 3.73. The highest BCUT2D eigenvalue weighted by molar-refractivity contribution is 6.06. The number of aryl methyl sites for hydroxylation is 1. The molecular formula is C27H30N4O2. The lowest BCUT2D eigenvalue weighted by Gasteiger charge is -2.37. The first-order valence-corrected chi connectivity index (χ1v) is 11.4. The van der Waals surface area contributed by atoms with Crippen molar-refractivity contribution in [3.63, 3.8) is 0 Å². The average molecular weight is 443 g/mol. The quantitative estimate of drug-likeness (QED) is 0.462. The fourth-order valence-corrected chi connectivity index (χ4v) is 3.86. The molecule has 3 aromatic carbocycles. The van der Waals surface area contributed by atoms with Gasteiger partial charge >= 0.3 is 0 Å². The highest BCUT2D eigenvalue weighted by Gasteiger charge is 2.22. The Morgan fingerprint density at radius 1 is 0.939 bits per heavy atom. The number of hydrogen-bond donors (Lipinski definition) is 1. The standard InChI is InChI=1S/C27H30N4O2/c1-3-33-25-14-12-22(13-15-25)26(32)29-27(28-23-9-7-8-21(2)20-23)31-18-16-30(17-19-31)24-10-5-4-6-11-24/h4-15,20H,3,16-19H2,1-2H3,(H,28,29,32). The van der Waals surface area contributed by atoms with Gasteiger partial charge in [0.25, 0.3) is 5.91 Å². The van der Waals surface area contributed by atoms with Crippen LogP contribution in [0, 0.1) is 6.92 Å². The number of anilines is 1. The molecule has 4 rings (SSSR count). The van der Waals surface area contributed by atoms with Crippen molar-refractivity contribution in [1.29, 1.82) is 0 Å². The second kappa shape index (κ2) is 10.7. The Balaban J connectivity index is 1.52. The Kier molecular flexibility index (Phi) is 7.25. The third kappa shape index (κ3) is 5.92. The van der Waals surface area contributed by atoms with Gasteiger partial charge in [-0.25, -0.2) is 4.99 Å². The normalized spacial score (nSPS) is 14.2. The highest BCUT2D eigenvalue weighted by Crippen LogP contribution is 2.18. The van der Waals surface area contributed by atoms with Crippen molar-refractivity contribution in [2.24, 2.45) is 4.99 Å². The van der Waals surface area contributed by atoms with Crippen molar-refractivity contribution >= 4 is 23.2 Å². The third-order valence-corrected chi connectivity index (χ3v) is 5.59. The number of benzene rings is 3. The molecule has 1 aliphatic rings. The third-order valence-electron chi connectivity index (χ3n) is 5.59. The molecule has 0 bridgehead atoms. The van der Waals surface area contributed by atoms with E-state index in [4.69, 9.17) is 9.73 Å². The van der Waals surface area contributed by atoms with Crippen LogP contribution >= 0.6 is 0 Å². The van der Waals surface area contributed by atoms with Crippen LogP contribution in [0.4, 0.5) is 11.4 Å². The monoisotopic (exact) mass is 442 g/mol. The fraction of sp³-hybridized carbons (Fsp3) is 0.259. The number of carbonyl (C=O) groups is 1. The summed E-state index contributed by atoms with van der Waals surface area (Å²) >= 11 is 0. The molecule has 0 spiro atoms. The van der Waals surface area contributed by atoms with Crippen molar-refractivity contribution in [3.05, 3.63) is 90.0 Å². The summed E-state index contributed by atoms with van der Waals surface area (Å²) in [5, 5.41) is 3.05. The van der Waals surface area contributed by atoms with Crippen molar-refractivity contribution < 1.29 is 9.53 Å². The molecule has 0 aliphatic carbocycles. The Morgan fingerprint density at radius 3 is 2.33 bits per heavy atom. The summed E-state index contributed by atoms with van der Waals surface area (Å²) < 4.78 is 5.49. The van der Waals surface area contributed by atoms with Gasteiger partial charge in [-0.2, -0.15) is 0 Å². The Morgan fingerprint density at radius 2 is 1.67 bits per heavy atom. The molecule has 1 N–H and O–H groups in total. The van der Waals surface area contributed by atoms with E-state index >= 15 is 0 Å². The molecular weight excluding hydrogens is 412 g/mol. The lowest BCUT2D eigenvalue weighted by atomic mass is 10.2. The zero-order valence-corrected chi connectivity index (χ0v) is 19.2. The molecule has 0 saturated carbocycles. The molecule has 1 aliphatic heterocycles. The summed E-state index contributed by atoms with van der Waals surface area (Å²) in [6.45, 7) is 7.81. The van der Waals surface area contributed by atoms with Crippen LogP contribution in [-0.2, 0) is 0 Å². The predicted molar refractivity (Wildman–Crippen MR) is 134 cm³/mol. The van der Waals surface area contributed by atoms with Crippen LogP contribution in [0.3, 0.4) is 0 Å². The maximum Gasteiger partial charge on any atom is 0.257 e. The summed E-state index contributed by atoms with van der Waals surface area (Å²) in [5.74, 6) is 1.14. The number of rotatable bonds is 5. The number of nitrogens with zero attached hydrogens (tertiary/aromatic N) is 3. The Hall–Kier alpha value is -3.80. The van der Waals surface area contributed by atoms with Gasteiger partial charge in [0.1, 0.15) is 5.75 Å². The van der Waals surface area contributed by atoms with Gasteiger partial charge in [-0.15, -0.1) is 0 Å². The van der Waals surface area contributed by atoms with Crippen LogP contribution in [0.25, 0.3) is 0 Å². The van der Waals surface area contributed by atoms with Gasteiger partial charge in [0.05, 0.1) is 12.3 Å². The molecule has 1 amide bonds. The van der Waals surface area contributed by atoms with Gasteiger partial charge in [-0.3, -0.25) is 10.1 Å². The molecule has 1 heterocycles. The zero-order valence-electron chi connectivity index (χ0n) is 19.2. The van der Waals surface area contributed by atoms with Gasteiger partial charge < -0.3 is 14.5 Å². The first-order chi connectivity index (χ1) is 16.1. The summed E-state index contributed by atoms with van der Waals surface area (Å²) in [7, 11) is 0. The van der Waals surface area contributed by atoms with E-state index in [1.165, 1.54) is 5.69 Å². The largest absolute Gasteiger partial charge is 0.494 e. The summed E-state index contributed by atoms with van der Waals surface area (Å²) in [4.78, 5) is 22.4. The number of nitrogens with one attached hydrogen (secondary N) is 1. The van der Waals surface area contributed by atoms with Crippen LogP contribution < -0.4 is 15.0 Å². The topological polar surface area (TPSA) is 57.2 Å². The van der Waals surface area contributed by atoms with Crippen molar-refractivity contribution in [1.82, 2.24) is 10.2 Å². The Bertz CT molecular complexity index is 1090. The van der Waals surface area contributed by atoms with E-state index in [1.54, 1.807) is 12.1 Å². The number of amides is 1. The zero-order chi connectivity index (χ0) is 23.0. The minimum atomic E-state index is -0.185. The van der Waals surface area contributed by atoms with Crippen molar-refractivity contribution in [2.75, 3.05) is 37.7 Å². The van der Waals surface area contributed by atoms with Gasteiger partial charge in [0.15, 0.2) is 0 Å². The second-order valence-corrected chi connectivity index (χ2v) is 8.00. The SMILES string of the molecule is CCOc1ccc(C(=O)NC(=Nc2cccc(C)c2)N2CCN(c3ccccc3)CC2)cc1. The number of ether oxygens (including phenoxy) is 1. The second-order valence-electron chi connectivity index (χ2n) is 8.00. The smallest absolute Gasteiger partial charge is 0.257 e. The molecule has 0 atom stereocenters. The molecule has 6 heteroatoms. The van der Waals surface area contributed by atoms with Gasteiger partial charge in [-0.1, -0.05) is 30.3 Å². The molecule has 170 valence electrons. The lowest BCUT2D eigenvalue weighted by molar-refractivity contribution is 0.0971. The number of aliphatic imine (C=N–C) groups is 1. The molecule has 1 saturated heterocycles. The molecule has 0 aromatic heterocycles. The van der Waals surface area contributed by atoms with E-state index < -0.39 is 0 Å². The van der Waals surface area contributed by atoms with Crippen LogP contribution in [-0.4, -0.2) is 49.6 Å². The molecule has 6 nitrogen and oxygen atoms in total. The van der Waals surface area contributed by atoms with Crippen molar-refractivity contribution in [3.8, 4) is 5.75 Å². The number of hydrogen-bond acceptors (Lipinski definition) is 4. The number of para-hydroxylation sites is 1. The minimum Gasteiger partial charge on any atom is -0.494 e. The van der Waals surface area contributed by atoms with E-state index in [0.29, 0.717) is 18.1 Å². The van der Waals surface area contributed by atoms with E-state index in [2.05, 4.69) is 39.4 Å². The first kappa shape index (κ1) is 22.4. The maximum atomic E-state index is 13.0. The van der Waals surface area contributed by atoms with Crippen LogP contribution in [0.2, 0.25) is 0 Å². The maximum absolute atomic E-state index is 13.0. The molecule has 3 aromatic rings. The molecule has 0 unspecified atom stereocenters. The fourth-order valence-electron chi connectivity index (χ4n) is 3.86. The lowest BCUT2D eigenvalue weighted by Crippen LogP contribution is -2.53. The van der Waals surface area contributed by atoms with Gasteiger partial charge in [0, 0.05) is 37.4 Å². The van der Waals surface area contributed by atoms with E-state index in [1.807, 2.05) is 56.3 Å². The van der Waals surface area contributed by atoms with Crippen LogP contribution in [0.15, 0.2) is 83.9 Å². The number of piperazine rings is 1. The van der Waals surface area contributed by atoms with E-state index in [0.717, 1.165) is 43.2 Å². The minimum absolute atomic E-state index is 0.185. The van der Waals surface area contributed by atoms with Gasteiger partial charge in [0.2, 0.25) is 5.96 Å². The van der Waals surface area contributed by atoms with E-state index in [9.17, 15) is 4.79 Å². The van der Waals surface area contributed by atoms with Crippen LogP contribution in [0.5, 0.6) is 5.75 Å². The van der Waals surface area contributed by atoms with Gasteiger partial charge in [-0.05, 0) is 67.9 Å². The van der Waals surface area contributed by atoms with Crippen molar-refractivity contribution in [2.45, 2.75) is 13.8 Å².